The van der Waals surface area contributed by atoms with Crippen molar-refractivity contribution < 1.29 is 32.6 Å². The minimum absolute atomic E-state index is 0.176. The van der Waals surface area contributed by atoms with E-state index in [9.17, 15) is 27.5 Å². The molecule has 0 radical (unpaired) electrons. The number of carboxylic acids is 1. The molecular weight excluding hydrogens is 539 g/mol. The Morgan fingerprint density at radius 1 is 1.05 bits per heavy atom. The molecule has 5 N–H and O–H groups in total. The van der Waals surface area contributed by atoms with Crippen LogP contribution in [0.5, 0.6) is 5.88 Å². The van der Waals surface area contributed by atoms with Gasteiger partial charge in [0, 0.05) is 10.9 Å². The smallest absolute Gasteiger partial charge is 0.307 e. The molecule has 12 heteroatoms. The van der Waals surface area contributed by atoms with Gasteiger partial charge in [-0.2, -0.15) is 0 Å². The van der Waals surface area contributed by atoms with E-state index in [2.05, 4.69) is 4.98 Å². The summed E-state index contributed by atoms with van der Waals surface area (Å²) in [7, 11) is -3.89. The van der Waals surface area contributed by atoms with Crippen LogP contribution < -0.4 is 10.0 Å². The second kappa shape index (κ2) is 10.5. The Hall–Kier alpha value is -4.71. The van der Waals surface area contributed by atoms with Gasteiger partial charge in [0.1, 0.15) is 11.4 Å². The summed E-state index contributed by atoms with van der Waals surface area (Å²) in [5.41, 5.74) is 6.51. The number of aliphatic carboxylic acids is 1. The number of rotatable bonds is 9. The fourth-order valence-electron chi connectivity index (χ4n) is 4.44. The number of nitrogens with one attached hydrogen (secondary N) is 1. The van der Waals surface area contributed by atoms with Crippen molar-refractivity contribution >= 4 is 49.9 Å². The van der Waals surface area contributed by atoms with E-state index in [4.69, 9.17) is 15.8 Å². The molecule has 0 spiro atoms. The van der Waals surface area contributed by atoms with E-state index in [1.807, 2.05) is 0 Å². The van der Waals surface area contributed by atoms with Gasteiger partial charge >= 0.3 is 5.97 Å². The third kappa shape index (κ3) is 5.66. The van der Waals surface area contributed by atoms with E-state index in [1.165, 1.54) is 56.3 Å². The summed E-state index contributed by atoms with van der Waals surface area (Å²) in [5.74, 6) is -2.57. The van der Waals surface area contributed by atoms with Gasteiger partial charge in [-0.05, 0) is 61.9 Å². The van der Waals surface area contributed by atoms with Gasteiger partial charge < -0.3 is 20.9 Å². The van der Waals surface area contributed by atoms with Crippen molar-refractivity contribution in [2.24, 2.45) is 10.7 Å². The number of primary amides is 1. The molecule has 3 aromatic carbocycles. The number of carbonyl (C=O) groups excluding carboxylic acids is 1. The van der Waals surface area contributed by atoms with Gasteiger partial charge in [-0.1, -0.05) is 24.3 Å². The monoisotopic (exact) mass is 566 g/mol. The topological polar surface area (TPSA) is 166 Å². The number of nitrogens with two attached hydrogens (primary N) is 1. The van der Waals surface area contributed by atoms with E-state index in [0.29, 0.717) is 33.4 Å². The summed E-state index contributed by atoms with van der Waals surface area (Å²) < 4.78 is 39.9. The van der Waals surface area contributed by atoms with Crippen LogP contribution in [0, 0.1) is 5.82 Å². The Morgan fingerprint density at radius 3 is 2.23 bits per heavy atom. The van der Waals surface area contributed by atoms with Crippen LogP contribution in [0.1, 0.15) is 30.5 Å². The number of benzene rings is 3. The predicted molar refractivity (Wildman–Crippen MR) is 150 cm³/mol. The molecular formula is C28H27FN4O6S. The molecule has 0 bridgehead atoms. The maximum atomic E-state index is 13.9. The minimum Gasteiger partial charge on any atom is -0.494 e. The summed E-state index contributed by atoms with van der Waals surface area (Å²) in [6.45, 7) is 2.80. The number of aromatic nitrogens is 1. The van der Waals surface area contributed by atoms with Crippen molar-refractivity contribution in [2.75, 3.05) is 10.6 Å². The summed E-state index contributed by atoms with van der Waals surface area (Å²) in [4.78, 5) is 30.6. The quantitative estimate of drug-likeness (QED) is 0.225. The first kappa shape index (κ1) is 28.3. The van der Waals surface area contributed by atoms with Crippen molar-refractivity contribution in [2.45, 2.75) is 25.8 Å². The summed E-state index contributed by atoms with van der Waals surface area (Å²) in [6.07, 6.45) is 0.794. The highest BCUT2D eigenvalue weighted by Crippen LogP contribution is 2.33. The molecule has 0 atom stereocenters. The normalized spacial score (nSPS) is 12.4. The molecule has 0 aliphatic heterocycles. The van der Waals surface area contributed by atoms with E-state index < -0.39 is 33.3 Å². The standard InChI is InChI=1S/C28H27FN4O6S/c1-28(2,27(30)37)33(40(3,38)39)20-11-9-19(10-12-20)31-25(17-6-4-16(5-7-17)14-23(34)35)24-21-13-8-18(29)15-22(21)32-26(24)36/h4-13,15,32,36H,14H2,1-3H3,(H2,30,37)(H,34,35). The van der Waals surface area contributed by atoms with Gasteiger partial charge in [-0.15, -0.1) is 0 Å². The van der Waals surface area contributed by atoms with Crippen LogP contribution in [0.2, 0.25) is 0 Å². The van der Waals surface area contributed by atoms with Crippen LogP contribution in [-0.2, 0) is 26.0 Å². The largest absolute Gasteiger partial charge is 0.494 e. The first-order valence-electron chi connectivity index (χ1n) is 12.0. The lowest BCUT2D eigenvalue weighted by atomic mass is 9.99. The van der Waals surface area contributed by atoms with Crippen LogP contribution in [0.3, 0.4) is 0 Å². The number of hydrogen-bond donors (Lipinski definition) is 4. The zero-order valence-electron chi connectivity index (χ0n) is 21.8. The first-order chi connectivity index (χ1) is 18.7. The molecule has 10 nitrogen and oxygen atoms in total. The molecule has 0 aliphatic rings. The average Bonchev–Trinajstić information content (AvgIpc) is 3.17. The Kier molecular flexibility index (Phi) is 7.40. The van der Waals surface area contributed by atoms with Crippen molar-refractivity contribution in [3.63, 3.8) is 0 Å². The van der Waals surface area contributed by atoms with Crippen LogP contribution in [0.15, 0.2) is 71.7 Å². The molecule has 4 aromatic rings. The summed E-state index contributed by atoms with van der Waals surface area (Å²) in [6, 6.07) is 16.6. The Balaban J connectivity index is 1.86. The molecule has 1 heterocycles. The highest BCUT2D eigenvalue weighted by atomic mass is 32.2. The highest BCUT2D eigenvalue weighted by molar-refractivity contribution is 7.92. The molecule has 0 saturated carbocycles. The van der Waals surface area contributed by atoms with Crippen LogP contribution in [0.25, 0.3) is 10.9 Å². The number of amides is 1. The molecule has 0 fully saturated rings. The van der Waals surface area contributed by atoms with Gasteiger partial charge in [0.25, 0.3) is 0 Å². The van der Waals surface area contributed by atoms with E-state index >= 15 is 0 Å². The van der Waals surface area contributed by atoms with Crippen LogP contribution >= 0.6 is 0 Å². The minimum atomic E-state index is -3.89. The number of aromatic amines is 1. The lowest BCUT2D eigenvalue weighted by Crippen LogP contribution is -2.55. The molecule has 0 saturated heterocycles. The average molecular weight is 567 g/mol. The fraction of sp³-hybridized carbons (Fsp3) is 0.179. The van der Waals surface area contributed by atoms with Gasteiger partial charge in [-0.25, -0.2) is 17.8 Å². The first-order valence-corrected chi connectivity index (χ1v) is 13.8. The number of carboxylic acid groups (broad SMARTS) is 1. The Labute approximate surface area is 229 Å². The molecule has 40 heavy (non-hydrogen) atoms. The van der Waals surface area contributed by atoms with Gasteiger partial charge in [0.05, 0.1) is 40.8 Å². The number of H-pyrrole nitrogens is 1. The molecule has 0 unspecified atom stereocenters. The molecule has 4 rings (SSSR count). The van der Waals surface area contributed by atoms with Gasteiger partial charge in [-0.3, -0.25) is 13.9 Å². The highest BCUT2D eigenvalue weighted by Gasteiger charge is 2.39. The van der Waals surface area contributed by atoms with Gasteiger partial charge in [0.2, 0.25) is 15.9 Å². The number of anilines is 1. The summed E-state index contributed by atoms with van der Waals surface area (Å²) in [5, 5.41) is 20.4. The molecule has 0 aliphatic carbocycles. The van der Waals surface area contributed by atoms with Crippen molar-refractivity contribution in [1.29, 1.82) is 0 Å². The van der Waals surface area contributed by atoms with Crippen molar-refractivity contribution in [1.82, 2.24) is 4.98 Å². The zero-order chi connectivity index (χ0) is 29.4. The molecule has 208 valence electrons. The number of hydrogen-bond acceptors (Lipinski definition) is 6. The second-order valence-electron chi connectivity index (χ2n) is 9.73. The molecule has 1 amide bonds. The zero-order valence-corrected chi connectivity index (χ0v) is 22.7. The third-order valence-corrected chi connectivity index (χ3v) is 7.66. The van der Waals surface area contributed by atoms with E-state index in [1.54, 1.807) is 24.3 Å². The fourth-order valence-corrected chi connectivity index (χ4v) is 5.86. The lowest BCUT2D eigenvalue weighted by molar-refractivity contribution is -0.136. The number of halogens is 1. The third-order valence-electron chi connectivity index (χ3n) is 6.33. The number of aliphatic imine (C=N–C) groups is 1. The van der Waals surface area contributed by atoms with E-state index in [0.717, 1.165) is 10.6 Å². The van der Waals surface area contributed by atoms with Crippen molar-refractivity contribution in [3.8, 4) is 5.88 Å². The van der Waals surface area contributed by atoms with E-state index in [-0.39, 0.29) is 23.6 Å². The SMILES string of the molecule is CC(C)(C(N)=O)N(c1ccc(N=C(c2ccc(CC(=O)O)cc2)c2c(O)[nH]c3cc(F)ccc23)cc1)S(C)(=O)=O. The second-order valence-corrected chi connectivity index (χ2v) is 11.6. The number of carbonyl (C=O) groups is 2. The Morgan fingerprint density at radius 2 is 1.68 bits per heavy atom. The van der Waals surface area contributed by atoms with Crippen LogP contribution in [-0.4, -0.2) is 53.0 Å². The Bertz CT molecular complexity index is 1740. The molecule has 1 aromatic heterocycles. The van der Waals surface area contributed by atoms with Gasteiger partial charge in [0.15, 0.2) is 5.88 Å². The van der Waals surface area contributed by atoms with Crippen LogP contribution in [0.4, 0.5) is 15.8 Å². The maximum absolute atomic E-state index is 13.9. The number of nitrogens with zero attached hydrogens (tertiary/aromatic N) is 2. The number of fused-ring (bicyclic) bond motifs is 1. The maximum Gasteiger partial charge on any atom is 0.307 e. The predicted octanol–water partition coefficient (Wildman–Crippen LogP) is 3.84. The lowest BCUT2D eigenvalue weighted by Gasteiger charge is -2.35. The number of aromatic hydroxyl groups is 1. The van der Waals surface area contributed by atoms with Crippen molar-refractivity contribution in [3.05, 3.63) is 89.2 Å². The number of sulfonamides is 1. The summed E-state index contributed by atoms with van der Waals surface area (Å²) >= 11 is 0.